The smallest absolute Gasteiger partial charge is 0.198 e. The number of benzene rings is 10. The molecular weight excluding hydrogens is 846 g/mol. The van der Waals surface area contributed by atoms with Crippen LogP contribution < -0.4 is 20.7 Å². The first-order valence-electron chi connectivity index (χ1n) is 25.1. The molecule has 0 fully saturated rings. The molecule has 2 aliphatic rings. The Morgan fingerprint density at radius 2 is 1.21 bits per heavy atom. The molecular formula is C66H54BN3. The van der Waals surface area contributed by atoms with Crippen LogP contribution in [0.3, 0.4) is 0 Å². The number of aromatic amines is 1. The van der Waals surface area contributed by atoms with E-state index in [1.54, 1.807) is 0 Å². The summed E-state index contributed by atoms with van der Waals surface area (Å²) in [6.07, 6.45) is 2.28. The van der Waals surface area contributed by atoms with Crippen LogP contribution in [0.4, 0.5) is 34.1 Å². The van der Waals surface area contributed by atoms with Crippen LogP contribution in [-0.2, 0) is 5.41 Å². The Hall–Kier alpha value is -8.08. The molecule has 336 valence electrons. The lowest BCUT2D eigenvalue weighted by molar-refractivity contribution is 0.661. The molecule has 0 spiro atoms. The van der Waals surface area contributed by atoms with Crippen LogP contribution in [-0.4, -0.2) is 12.3 Å². The van der Waals surface area contributed by atoms with Gasteiger partial charge in [0.1, 0.15) is 0 Å². The molecule has 4 heteroatoms. The maximum atomic E-state index is 4.00. The summed E-state index contributed by atoms with van der Waals surface area (Å²) >= 11 is 0. The predicted octanol–water partition coefficient (Wildman–Crippen LogP) is 16.7. The largest absolute Gasteiger partial charge is 0.354 e. The first-order chi connectivity index (χ1) is 34.4. The van der Waals surface area contributed by atoms with Crippen molar-refractivity contribution in [1.29, 1.82) is 0 Å². The zero-order chi connectivity index (χ0) is 47.1. The number of nitrogens with zero attached hydrogens (tertiary/aromatic N) is 2. The van der Waals surface area contributed by atoms with Crippen molar-refractivity contribution in [3.8, 4) is 33.4 Å². The molecule has 1 atom stereocenters. The summed E-state index contributed by atoms with van der Waals surface area (Å²) in [7, 11) is 0.778. The lowest BCUT2D eigenvalue weighted by Crippen LogP contribution is -2.43. The number of aromatic nitrogens is 1. The molecule has 10 aromatic carbocycles. The van der Waals surface area contributed by atoms with Crippen molar-refractivity contribution < 1.29 is 0 Å². The van der Waals surface area contributed by atoms with Gasteiger partial charge < -0.3 is 14.8 Å². The average molecular weight is 900 g/mol. The second kappa shape index (κ2) is 16.6. The first-order valence-corrected chi connectivity index (χ1v) is 25.1. The molecule has 2 heterocycles. The van der Waals surface area contributed by atoms with Gasteiger partial charge in [-0.1, -0.05) is 185 Å². The molecule has 0 unspecified atom stereocenters. The van der Waals surface area contributed by atoms with E-state index in [9.17, 15) is 0 Å². The summed E-state index contributed by atoms with van der Waals surface area (Å²) in [5.74, 6) is 0.429. The highest BCUT2D eigenvalue weighted by molar-refractivity contribution is 6.73. The molecule has 1 aliphatic heterocycles. The van der Waals surface area contributed by atoms with Gasteiger partial charge in [-0.05, 0) is 134 Å². The van der Waals surface area contributed by atoms with Gasteiger partial charge in [0.15, 0.2) is 7.28 Å². The summed E-state index contributed by atoms with van der Waals surface area (Å²) in [5.41, 5.74) is 23.4. The average Bonchev–Trinajstić information content (AvgIpc) is 3.88. The van der Waals surface area contributed by atoms with Crippen molar-refractivity contribution in [2.24, 2.45) is 0 Å². The van der Waals surface area contributed by atoms with Crippen molar-refractivity contribution >= 4 is 84.9 Å². The highest BCUT2D eigenvalue weighted by atomic mass is 15.2. The Bertz CT molecular complexity index is 3780. The molecule has 0 saturated carbocycles. The molecule has 13 rings (SSSR count). The Morgan fingerprint density at radius 3 is 1.96 bits per heavy atom. The highest BCUT2D eigenvalue weighted by Crippen LogP contribution is 2.57. The summed E-state index contributed by atoms with van der Waals surface area (Å²) in [5, 5.41) is 4.99. The molecule has 11 aromatic rings. The van der Waals surface area contributed by atoms with Crippen LogP contribution in [0.15, 0.2) is 212 Å². The van der Waals surface area contributed by atoms with Crippen molar-refractivity contribution in [1.82, 2.24) is 4.98 Å². The number of anilines is 6. The summed E-state index contributed by atoms with van der Waals surface area (Å²) < 4.78 is 0. The van der Waals surface area contributed by atoms with Crippen LogP contribution >= 0.6 is 0 Å². The van der Waals surface area contributed by atoms with E-state index in [2.05, 4.69) is 255 Å². The van der Waals surface area contributed by atoms with Gasteiger partial charge in [0.2, 0.25) is 0 Å². The number of hydrogen-bond donors (Lipinski definition) is 1. The predicted molar refractivity (Wildman–Crippen MR) is 301 cm³/mol. The van der Waals surface area contributed by atoms with Gasteiger partial charge in [0, 0.05) is 61.3 Å². The topological polar surface area (TPSA) is 22.3 Å². The molecule has 0 amide bonds. The lowest BCUT2D eigenvalue weighted by atomic mass is 9.56. The number of H-pyrrole nitrogens is 1. The second-order valence-corrected chi connectivity index (χ2v) is 20.1. The lowest BCUT2D eigenvalue weighted by Gasteiger charge is -2.40. The third-order valence-corrected chi connectivity index (χ3v) is 15.5. The molecule has 1 N–H and O–H groups in total. The zero-order valence-electron chi connectivity index (χ0n) is 40.3. The van der Waals surface area contributed by atoms with E-state index in [1.807, 2.05) is 0 Å². The van der Waals surface area contributed by atoms with Gasteiger partial charge >= 0.3 is 0 Å². The first kappa shape index (κ1) is 42.1. The monoisotopic (exact) mass is 899 g/mol. The normalized spacial score (nSPS) is 13.7. The van der Waals surface area contributed by atoms with E-state index in [0.717, 1.165) is 42.7 Å². The fraction of sp³-hybridized carbons (Fsp3) is 0.121. The third kappa shape index (κ3) is 6.65. The SMILES string of the molecule is CCC[C@H](C)c1ccc(N2c3cc(N(c4ccccc4)c4ccccc4)ccc3Bc3c(-c4cccc5c4[nH]c4cc6ccccc6cc45)cc4c(c32)C(C)(C)c2ccccc2-4)c(-c2ccccc2)c1. The van der Waals surface area contributed by atoms with E-state index in [1.165, 1.54) is 105 Å². The standard InChI is InChI=1S/C66H54BN3/c1-5-20-42(2)44-33-36-60(53(37-44)43-21-9-6-10-22-43)70-61-40-49(69(47-25-11-7-12-26-47)48-27-13-8-14-28-48)34-35-58(61)67-63-56(41-55-50-29-17-18-32-57(50)66(3,4)62(55)65(63)70)52-31-19-30-51-54-38-45-23-15-16-24-46(45)39-59(54)68-64(51)52/h6-19,21-42,67-68H,5,20H2,1-4H3/t42-/m0/s1. The number of hydrogen-bond acceptors (Lipinski definition) is 2. The Balaban J connectivity index is 1.14. The van der Waals surface area contributed by atoms with E-state index in [-0.39, 0.29) is 5.41 Å². The summed E-state index contributed by atoms with van der Waals surface area (Å²) in [6, 6.07) is 79.3. The van der Waals surface area contributed by atoms with Gasteiger partial charge in [0.05, 0.1) is 11.2 Å². The minimum absolute atomic E-state index is 0.294. The number of para-hydroxylation sites is 3. The summed E-state index contributed by atoms with van der Waals surface area (Å²) in [6.45, 7) is 9.58. The van der Waals surface area contributed by atoms with Gasteiger partial charge in [-0.15, -0.1) is 0 Å². The quantitative estimate of drug-likeness (QED) is 0.146. The van der Waals surface area contributed by atoms with Crippen molar-refractivity contribution in [3.05, 3.63) is 229 Å². The van der Waals surface area contributed by atoms with Gasteiger partial charge in [0.25, 0.3) is 0 Å². The van der Waals surface area contributed by atoms with E-state index >= 15 is 0 Å². The van der Waals surface area contributed by atoms with Crippen LogP contribution in [0.25, 0.3) is 66.0 Å². The fourth-order valence-electron chi connectivity index (χ4n) is 12.2. The molecule has 1 aliphatic carbocycles. The number of rotatable bonds is 9. The highest BCUT2D eigenvalue weighted by Gasteiger charge is 2.43. The van der Waals surface area contributed by atoms with E-state index < -0.39 is 0 Å². The van der Waals surface area contributed by atoms with Crippen LogP contribution in [0.5, 0.6) is 0 Å². The van der Waals surface area contributed by atoms with Gasteiger partial charge in [-0.25, -0.2) is 0 Å². The maximum Gasteiger partial charge on any atom is 0.198 e. The minimum atomic E-state index is -0.294. The molecule has 0 radical (unpaired) electrons. The fourth-order valence-corrected chi connectivity index (χ4v) is 12.2. The van der Waals surface area contributed by atoms with Gasteiger partial charge in [-0.3, -0.25) is 0 Å². The Morgan fingerprint density at radius 1 is 0.543 bits per heavy atom. The zero-order valence-corrected chi connectivity index (χ0v) is 40.3. The number of nitrogens with one attached hydrogen (secondary N) is 1. The molecule has 1 aromatic heterocycles. The molecule has 70 heavy (non-hydrogen) atoms. The maximum absolute atomic E-state index is 4.00. The summed E-state index contributed by atoms with van der Waals surface area (Å²) in [4.78, 5) is 9.09. The van der Waals surface area contributed by atoms with E-state index in [0.29, 0.717) is 5.92 Å². The molecule has 3 nitrogen and oxygen atoms in total. The van der Waals surface area contributed by atoms with Crippen LogP contribution in [0.2, 0.25) is 0 Å². The van der Waals surface area contributed by atoms with Crippen molar-refractivity contribution in [2.45, 2.75) is 51.9 Å². The van der Waals surface area contributed by atoms with Crippen molar-refractivity contribution in [2.75, 3.05) is 9.80 Å². The van der Waals surface area contributed by atoms with Crippen LogP contribution in [0.1, 0.15) is 63.1 Å². The Kier molecular flexibility index (Phi) is 9.95. The molecule has 0 saturated heterocycles. The third-order valence-electron chi connectivity index (χ3n) is 15.5. The van der Waals surface area contributed by atoms with Gasteiger partial charge in [-0.2, -0.15) is 0 Å². The minimum Gasteiger partial charge on any atom is -0.354 e. The molecule has 0 bridgehead atoms. The van der Waals surface area contributed by atoms with E-state index in [4.69, 9.17) is 0 Å². The number of fused-ring (bicyclic) bond motifs is 10. The second-order valence-electron chi connectivity index (χ2n) is 20.1. The van der Waals surface area contributed by atoms with Crippen LogP contribution in [0, 0.1) is 0 Å². The van der Waals surface area contributed by atoms with Crippen molar-refractivity contribution in [3.63, 3.8) is 0 Å². The Labute approximate surface area is 412 Å².